The molecule has 11 heteroatoms. The van der Waals surface area contributed by atoms with Gasteiger partial charge < -0.3 is 26.3 Å². The van der Waals surface area contributed by atoms with E-state index in [0.717, 1.165) is 10.3 Å². The molecule has 1 aliphatic heterocycles. The molecule has 3 heterocycles. The normalized spacial score (nSPS) is 13.8. The van der Waals surface area contributed by atoms with Gasteiger partial charge in [0.1, 0.15) is 12.4 Å². The highest BCUT2D eigenvalue weighted by Crippen LogP contribution is 2.30. The number of aliphatic imine (C=N–C) groups is 2. The summed E-state index contributed by atoms with van der Waals surface area (Å²) in [5, 5.41) is 14.3. The number of benzene rings is 1. The van der Waals surface area contributed by atoms with Gasteiger partial charge in [0.15, 0.2) is 5.84 Å². The molecule has 0 spiro atoms. The van der Waals surface area contributed by atoms with Crippen LogP contribution in [0.15, 0.2) is 46.5 Å². The van der Waals surface area contributed by atoms with Gasteiger partial charge in [-0.15, -0.1) is 0 Å². The maximum atomic E-state index is 13.3. The molecule has 1 aliphatic rings. The van der Waals surface area contributed by atoms with Crippen LogP contribution in [0.3, 0.4) is 0 Å². The number of aromatic nitrogens is 2. The third-order valence-electron chi connectivity index (χ3n) is 5.09. The molecule has 0 fully saturated rings. The average Bonchev–Trinajstić information content (AvgIpc) is 3.36. The molecule has 0 saturated carbocycles. The quantitative estimate of drug-likeness (QED) is 0.331. The topological polar surface area (TPSA) is 116 Å². The van der Waals surface area contributed by atoms with Crippen molar-refractivity contribution in [1.82, 2.24) is 9.55 Å². The first kappa shape index (κ1) is 21.3. The van der Waals surface area contributed by atoms with E-state index in [4.69, 9.17) is 11.1 Å². The maximum absolute atomic E-state index is 13.3. The number of anilines is 3. The van der Waals surface area contributed by atoms with Crippen molar-refractivity contribution < 1.29 is 13.2 Å². The Labute approximate surface area is 181 Å². The molecule has 5 N–H and O–H groups in total. The van der Waals surface area contributed by atoms with Crippen LogP contribution in [0.25, 0.3) is 10.9 Å². The first-order chi connectivity index (χ1) is 15.3. The van der Waals surface area contributed by atoms with E-state index in [1.165, 1.54) is 6.21 Å². The number of nitrogens with zero attached hydrogens (tertiary/aromatic N) is 4. The number of hydrogen-bond donors (Lipinski definition) is 4. The monoisotopic (exact) mass is 442 g/mol. The van der Waals surface area contributed by atoms with Crippen LogP contribution in [0.1, 0.15) is 11.3 Å². The number of rotatable bonds is 7. The molecule has 0 saturated heterocycles. The fourth-order valence-electron chi connectivity index (χ4n) is 3.63. The maximum Gasteiger partial charge on any atom is 0.406 e. The third kappa shape index (κ3) is 4.13. The Morgan fingerprint density at radius 2 is 2.09 bits per heavy atom. The van der Waals surface area contributed by atoms with Crippen LogP contribution in [0, 0.1) is 5.41 Å². The zero-order valence-electron chi connectivity index (χ0n) is 17.2. The van der Waals surface area contributed by atoms with Crippen molar-refractivity contribution in [2.75, 3.05) is 36.5 Å². The minimum atomic E-state index is -4.41. The molecule has 0 unspecified atom stereocenters. The van der Waals surface area contributed by atoms with Crippen molar-refractivity contribution in [3.05, 3.63) is 47.8 Å². The highest BCUT2D eigenvalue weighted by molar-refractivity contribution is 6.14. The second-order valence-electron chi connectivity index (χ2n) is 7.20. The summed E-state index contributed by atoms with van der Waals surface area (Å²) in [6, 6.07) is 8.22. The number of fused-ring (bicyclic) bond motifs is 1. The van der Waals surface area contributed by atoms with E-state index in [0.29, 0.717) is 33.7 Å². The minimum Gasteiger partial charge on any atom is -0.398 e. The lowest BCUT2D eigenvalue weighted by Crippen LogP contribution is -2.20. The van der Waals surface area contributed by atoms with E-state index < -0.39 is 12.7 Å². The molecule has 3 aromatic rings. The van der Waals surface area contributed by atoms with Gasteiger partial charge in [0.05, 0.1) is 35.6 Å². The summed E-state index contributed by atoms with van der Waals surface area (Å²) in [7, 11) is 1.75. The Bertz CT molecular complexity index is 1240. The second kappa shape index (κ2) is 8.33. The van der Waals surface area contributed by atoms with Crippen molar-refractivity contribution >= 4 is 45.9 Å². The number of alkyl halides is 3. The van der Waals surface area contributed by atoms with Crippen LogP contribution < -0.4 is 16.4 Å². The summed E-state index contributed by atoms with van der Waals surface area (Å²) in [6.45, 7) is -0.631. The van der Waals surface area contributed by atoms with E-state index >= 15 is 0 Å². The number of halogens is 3. The van der Waals surface area contributed by atoms with Gasteiger partial charge in [0.2, 0.25) is 0 Å². The molecule has 2 aromatic heterocycles. The van der Waals surface area contributed by atoms with Crippen LogP contribution in [0.2, 0.25) is 0 Å². The molecule has 32 heavy (non-hydrogen) atoms. The van der Waals surface area contributed by atoms with E-state index in [1.54, 1.807) is 43.6 Å². The molecule has 166 valence electrons. The van der Waals surface area contributed by atoms with Gasteiger partial charge in [-0.05, 0) is 24.3 Å². The van der Waals surface area contributed by atoms with Crippen LogP contribution in [0.5, 0.6) is 0 Å². The summed E-state index contributed by atoms with van der Waals surface area (Å²) in [5.41, 5.74) is 9.00. The third-order valence-corrected chi connectivity index (χ3v) is 5.09. The molecule has 0 bridgehead atoms. The van der Waals surface area contributed by atoms with Crippen molar-refractivity contribution in [3.63, 3.8) is 0 Å². The zero-order valence-corrected chi connectivity index (χ0v) is 17.2. The van der Waals surface area contributed by atoms with Gasteiger partial charge in [-0.1, -0.05) is 6.07 Å². The highest BCUT2D eigenvalue weighted by Gasteiger charge is 2.31. The second-order valence-corrected chi connectivity index (χ2v) is 7.20. The van der Waals surface area contributed by atoms with Crippen molar-refractivity contribution in [1.29, 1.82) is 5.41 Å². The average molecular weight is 442 g/mol. The molecule has 0 amide bonds. The molecule has 0 radical (unpaired) electrons. The van der Waals surface area contributed by atoms with Gasteiger partial charge >= 0.3 is 6.18 Å². The fourth-order valence-corrected chi connectivity index (χ4v) is 3.63. The van der Waals surface area contributed by atoms with Gasteiger partial charge in [0, 0.05) is 36.2 Å². The van der Waals surface area contributed by atoms with E-state index in [-0.39, 0.29) is 24.6 Å². The standard InChI is InChI=1S/C21H21F3N8/c1-27-16-5-6-28-19(14(16)8-25)29-9-12-10-30-20(31-12)18-7-13-15(26)3-2-4-17(13)32(18)11-21(22,23)24/h2-8,25H,9-11,26H2,1H3,(H2,27,28,29). The minimum absolute atomic E-state index is 0.228. The van der Waals surface area contributed by atoms with Crippen LogP contribution >= 0.6 is 0 Å². The predicted molar refractivity (Wildman–Crippen MR) is 121 cm³/mol. The Balaban J connectivity index is 1.61. The van der Waals surface area contributed by atoms with E-state index in [2.05, 4.69) is 25.6 Å². The largest absolute Gasteiger partial charge is 0.406 e. The van der Waals surface area contributed by atoms with Crippen LogP contribution in [-0.2, 0) is 6.54 Å². The summed E-state index contributed by atoms with van der Waals surface area (Å²) >= 11 is 0. The number of pyridine rings is 1. The lowest BCUT2D eigenvalue weighted by Gasteiger charge is -2.12. The van der Waals surface area contributed by atoms with Crippen LogP contribution in [0.4, 0.5) is 30.4 Å². The fraction of sp³-hybridized carbons (Fsp3) is 0.238. The lowest BCUT2D eigenvalue weighted by atomic mass is 10.2. The molecule has 1 aromatic carbocycles. The van der Waals surface area contributed by atoms with Gasteiger partial charge in [-0.2, -0.15) is 13.2 Å². The van der Waals surface area contributed by atoms with E-state index in [9.17, 15) is 13.2 Å². The Morgan fingerprint density at radius 3 is 2.81 bits per heavy atom. The molecule has 4 rings (SSSR count). The molecule has 0 aliphatic carbocycles. The number of nitrogens with two attached hydrogens (primary N) is 1. The number of amidine groups is 1. The number of hydrogen-bond acceptors (Lipinski definition) is 7. The lowest BCUT2D eigenvalue weighted by molar-refractivity contribution is -0.139. The SMILES string of the molecule is CNc1ccnc(NCC2=NC(c3cc4c(N)cccc4n3CC(F)(F)F)=NC2)c1C=N. The van der Waals surface area contributed by atoms with Gasteiger partial charge in [0.25, 0.3) is 0 Å². The number of nitrogen functional groups attached to an aromatic ring is 1. The highest BCUT2D eigenvalue weighted by atomic mass is 19.4. The molecule has 8 nitrogen and oxygen atoms in total. The van der Waals surface area contributed by atoms with Crippen molar-refractivity contribution in [3.8, 4) is 0 Å². The smallest absolute Gasteiger partial charge is 0.398 e. The van der Waals surface area contributed by atoms with Crippen molar-refractivity contribution in [2.24, 2.45) is 9.98 Å². The van der Waals surface area contributed by atoms with Gasteiger partial charge in [-0.3, -0.25) is 4.99 Å². The Hall–Kier alpha value is -3.89. The Kier molecular flexibility index (Phi) is 5.56. The zero-order chi connectivity index (χ0) is 22.9. The molecule has 0 atom stereocenters. The molecular formula is C21H21F3N8. The summed E-state index contributed by atoms with van der Waals surface area (Å²) in [6.07, 6.45) is -1.61. The predicted octanol–water partition coefficient (Wildman–Crippen LogP) is 3.53. The van der Waals surface area contributed by atoms with Crippen LogP contribution in [-0.4, -0.2) is 53.6 Å². The Morgan fingerprint density at radius 1 is 1.28 bits per heavy atom. The molecular weight excluding hydrogens is 421 g/mol. The first-order valence-corrected chi connectivity index (χ1v) is 9.77. The first-order valence-electron chi connectivity index (χ1n) is 9.77. The summed E-state index contributed by atoms with van der Waals surface area (Å²) < 4.78 is 40.9. The summed E-state index contributed by atoms with van der Waals surface area (Å²) in [5.74, 6) is 0.729. The van der Waals surface area contributed by atoms with E-state index in [1.807, 2.05) is 0 Å². The van der Waals surface area contributed by atoms with Crippen molar-refractivity contribution in [2.45, 2.75) is 12.7 Å². The van der Waals surface area contributed by atoms with Gasteiger partial charge in [-0.25, -0.2) is 9.98 Å². The summed E-state index contributed by atoms with van der Waals surface area (Å²) in [4.78, 5) is 13.1. The number of nitrogens with one attached hydrogen (secondary N) is 3.